The SMILES string of the molecule is CCCCC(CC)C(=O)Nc1c(OC(=O)N(CC)CC)ccc2c1ccn2Cc1ccc(F)cc1. The van der Waals surface area contributed by atoms with E-state index in [1.165, 1.54) is 12.1 Å². The van der Waals surface area contributed by atoms with Gasteiger partial charge in [-0.3, -0.25) is 4.79 Å². The van der Waals surface area contributed by atoms with E-state index >= 15 is 0 Å². The summed E-state index contributed by atoms with van der Waals surface area (Å²) in [6, 6.07) is 11.9. The first-order chi connectivity index (χ1) is 16.9. The molecule has 0 radical (unpaired) electrons. The van der Waals surface area contributed by atoms with Gasteiger partial charge in [0.2, 0.25) is 5.91 Å². The topological polar surface area (TPSA) is 63.6 Å². The molecule has 0 saturated heterocycles. The molecule has 1 N–H and O–H groups in total. The predicted octanol–water partition coefficient (Wildman–Crippen LogP) is 6.82. The molecule has 0 saturated carbocycles. The van der Waals surface area contributed by atoms with Crippen LogP contribution in [0.3, 0.4) is 0 Å². The van der Waals surface area contributed by atoms with Crippen LogP contribution in [-0.4, -0.2) is 34.6 Å². The van der Waals surface area contributed by atoms with Crippen LogP contribution in [0.4, 0.5) is 14.9 Å². The molecular weight excluding hydrogens is 445 g/mol. The van der Waals surface area contributed by atoms with E-state index < -0.39 is 6.09 Å². The highest BCUT2D eigenvalue weighted by Gasteiger charge is 2.22. The molecule has 0 aliphatic carbocycles. The van der Waals surface area contributed by atoms with E-state index in [9.17, 15) is 14.0 Å². The quantitative estimate of drug-likeness (QED) is 0.327. The smallest absolute Gasteiger partial charge is 0.408 e. The zero-order valence-electron chi connectivity index (χ0n) is 21.1. The van der Waals surface area contributed by atoms with Crippen LogP contribution in [0.5, 0.6) is 5.75 Å². The van der Waals surface area contributed by atoms with Crippen molar-refractivity contribution in [3.05, 3.63) is 60.0 Å². The summed E-state index contributed by atoms with van der Waals surface area (Å²) in [5.41, 5.74) is 2.34. The van der Waals surface area contributed by atoms with Gasteiger partial charge in [0.25, 0.3) is 0 Å². The van der Waals surface area contributed by atoms with Crippen LogP contribution in [-0.2, 0) is 11.3 Å². The third-order valence-electron chi connectivity index (χ3n) is 6.42. The van der Waals surface area contributed by atoms with Gasteiger partial charge in [-0.1, -0.05) is 38.8 Å². The number of aromatic nitrogens is 1. The summed E-state index contributed by atoms with van der Waals surface area (Å²) in [4.78, 5) is 27.5. The van der Waals surface area contributed by atoms with Crippen molar-refractivity contribution in [3.8, 4) is 5.75 Å². The summed E-state index contributed by atoms with van der Waals surface area (Å²) in [5.74, 6) is -0.130. The van der Waals surface area contributed by atoms with E-state index in [0.29, 0.717) is 31.1 Å². The van der Waals surface area contributed by atoms with Crippen molar-refractivity contribution in [2.45, 2.75) is 59.9 Å². The lowest BCUT2D eigenvalue weighted by molar-refractivity contribution is -0.120. The number of carbonyl (C=O) groups is 2. The largest absolute Gasteiger partial charge is 0.415 e. The maximum atomic E-state index is 13.3. The summed E-state index contributed by atoms with van der Waals surface area (Å²) in [6.07, 6.45) is 5.03. The minimum absolute atomic E-state index is 0.0696. The number of anilines is 1. The van der Waals surface area contributed by atoms with E-state index in [4.69, 9.17) is 4.74 Å². The van der Waals surface area contributed by atoms with Crippen LogP contribution in [0.15, 0.2) is 48.7 Å². The van der Waals surface area contributed by atoms with Gasteiger partial charge in [-0.25, -0.2) is 9.18 Å². The molecule has 3 aromatic rings. The van der Waals surface area contributed by atoms with Crippen molar-refractivity contribution >= 4 is 28.6 Å². The van der Waals surface area contributed by atoms with Crippen LogP contribution in [0.25, 0.3) is 10.9 Å². The van der Waals surface area contributed by atoms with Gasteiger partial charge in [0.15, 0.2) is 5.75 Å². The minimum Gasteiger partial charge on any atom is -0.408 e. The average Bonchev–Trinajstić information content (AvgIpc) is 3.26. The fourth-order valence-electron chi connectivity index (χ4n) is 4.23. The predicted molar refractivity (Wildman–Crippen MR) is 138 cm³/mol. The molecule has 3 rings (SSSR count). The van der Waals surface area contributed by atoms with Gasteiger partial charge < -0.3 is 19.5 Å². The molecule has 0 aliphatic heterocycles. The van der Waals surface area contributed by atoms with Crippen LogP contribution >= 0.6 is 0 Å². The van der Waals surface area contributed by atoms with Crippen LogP contribution < -0.4 is 10.1 Å². The number of ether oxygens (including phenoxy) is 1. The molecule has 188 valence electrons. The number of carbonyl (C=O) groups excluding carboxylic acids is 2. The number of hydrogen-bond donors (Lipinski definition) is 1. The molecule has 0 aliphatic rings. The Labute approximate surface area is 207 Å². The summed E-state index contributed by atoms with van der Waals surface area (Å²) < 4.78 is 21.1. The first kappa shape index (κ1) is 26.3. The lowest BCUT2D eigenvalue weighted by atomic mass is 9.98. The van der Waals surface area contributed by atoms with E-state index in [1.807, 2.05) is 43.7 Å². The summed E-state index contributed by atoms with van der Waals surface area (Å²) in [7, 11) is 0. The monoisotopic (exact) mass is 481 g/mol. The van der Waals surface area contributed by atoms with Crippen LogP contribution in [0.2, 0.25) is 0 Å². The van der Waals surface area contributed by atoms with Gasteiger partial charge in [-0.2, -0.15) is 0 Å². The zero-order valence-corrected chi connectivity index (χ0v) is 21.1. The van der Waals surface area contributed by atoms with Gasteiger partial charge in [0, 0.05) is 37.1 Å². The van der Waals surface area contributed by atoms with E-state index in [2.05, 4.69) is 12.2 Å². The molecule has 7 heteroatoms. The van der Waals surface area contributed by atoms with Crippen LogP contribution in [0.1, 0.15) is 58.9 Å². The highest BCUT2D eigenvalue weighted by molar-refractivity contribution is 6.05. The Kier molecular flexibility index (Phi) is 9.29. The van der Waals surface area contributed by atoms with Gasteiger partial charge in [0.05, 0.1) is 11.2 Å². The fourth-order valence-corrected chi connectivity index (χ4v) is 4.23. The number of fused-ring (bicyclic) bond motifs is 1. The Hall–Kier alpha value is -3.35. The number of nitrogens with zero attached hydrogens (tertiary/aromatic N) is 2. The highest BCUT2D eigenvalue weighted by Crippen LogP contribution is 2.35. The molecule has 0 bridgehead atoms. The minimum atomic E-state index is -0.450. The third-order valence-corrected chi connectivity index (χ3v) is 6.42. The summed E-state index contributed by atoms with van der Waals surface area (Å²) in [6.45, 7) is 9.52. The van der Waals surface area contributed by atoms with Gasteiger partial charge in [-0.05, 0) is 62.6 Å². The van der Waals surface area contributed by atoms with Crippen molar-refractivity contribution in [1.29, 1.82) is 0 Å². The maximum absolute atomic E-state index is 13.3. The molecule has 35 heavy (non-hydrogen) atoms. The number of nitrogens with one attached hydrogen (secondary N) is 1. The number of unbranched alkanes of at least 4 members (excludes halogenated alkanes) is 1. The van der Waals surface area contributed by atoms with Gasteiger partial charge >= 0.3 is 6.09 Å². The van der Waals surface area contributed by atoms with Crippen molar-refractivity contribution < 1.29 is 18.7 Å². The lowest BCUT2D eigenvalue weighted by Gasteiger charge is -2.21. The van der Waals surface area contributed by atoms with E-state index in [1.54, 1.807) is 23.1 Å². The number of benzene rings is 2. The van der Waals surface area contributed by atoms with E-state index in [0.717, 1.165) is 42.1 Å². The maximum Gasteiger partial charge on any atom is 0.415 e. The van der Waals surface area contributed by atoms with Gasteiger partial charge in [-0.15, -0.1) is 0 Å². The molecule has 1 aromatic heterocycles. The second-order valence-corrected chi connectivity index (χ2v) is 8.72. The average molecular weight is 482 g/mol. The number of amides is 2. The Bertz CT molecular complexity index is 1140. The standard InChI is InChI=1S/C28H36FN3O3/c1-5-9-10-21(6-2)27(33)30-26-23-17-18-32(19-20-11-13-22(29)14-12-20)24(23)15-16-25(26)35-28(34)31(7-3)8-4/h11-18,21H,5-10,19H2,1-4H3,(H,30,33). The van der Waals surface area contributed by atoms with Crippen molar-refractivity contribution in [1.82, 2.24) is 9.47 Å². The summed E-state index contributed by atoms with van der Waals surface area (Å²) >= 11 is 0. The molecular formula is C28H36FN3O3. The van der Waals surface area contributed by atoms with Crippen molar-refractivity contribution in [3.63, 3.8) is 0 Å². The number of hydrogen-bond acceptors (Lipinski definition) is 3. The molecule has 1 atom stereocenters. The van der Waals surface area contributed by atoms with Crippen molar-refractivity contribution in [2.75, 3.05) is 18.4 Å². The Balaban J connectivity index is 1.99. The van der Waals surface area contributed by atoms with Crippen molar-refractivity contribution in [2.24, 2.45) is 5.92 Å². The zero-order chi connectivity index (χ0) is 25.4. The second-order valence-electron chi connectivity index (χ2n) is 8.72. The molecule has 6 nitrogen and oxygen atoms in total. The van der Waals surface area contributed by atoms with E-state index in [-0.39, 0.29) is 17.6 Å². The molecule has 1 unspecified atom stereocenters. The Morgan fingerprint density at radius 3 is 2.37 bits per heavy atom. The first-order valence-corrected chi connectivity index (χ1v) is 12.6. The summed E-state index contributed by atoms with van der Waals surface area (Å²) in [5, 5.41) is 3.87. The fraction of sp³-hybridized carbons (Fsp3) is 0.429. The molecule has 2 aromatic carbocycles. The normalized spacial score (nSPS) is 11.9. The Morgan fingerprint density at radius 2 is 1.74 bits per heavy atom. The molecule has 2 amide bonds. The first-order valence-electron chi connectivity index (χ1n) is 12.6. The second kappa shape index (κ2) is 12.4. The highest BCUT2D eigenvalue weighted by atomic mass is 19.1. The van der Waals surface area contributed by atoms with Crippen LogP contribution in [0, 0.1) is 11.7 Å². The lowest BCUT2D eigenvalue weighted by Crippen LogP contribution is -2.33. The molecule has 1 heterocycles. The third kappa shape index (κ3) is 6.41. The molecule has 0 fully saturated rings. The number of halogens is 1. The Morgan fingerprint density at radius 1 is 1.03 bits per heavy atom. The molecule has 0 spiro atoms. The number of rotatable bonds is 11. The van der Waals surface area contributed by atoms with Gasteiger partial charge in [0.1, 0.15) is 5.82 Å².